The smallest absolute Gasteiger partial charge is 0.167 e. The topological polar surface area (TPSA) is 18.5 Å². The van der Waals surface area contributed by atoms with Crippen molar-refractivity contribution in [2.75, 3.05) is 6.61 Å². The molecule has 4 aliphatic carbocycles. The second kappa shape index (κ2) is 7.36. The molecule has 0 unspecified atom stereocenters. The van der Waals surface area contributed by atoms with Gasteiger partial charge in [-0.2, -0.15) is 0 Å². The Labute approximate surface area is 428 Å². The first-order chi connectivity index (χ1) is 38.9. The van der Waals surface area contributed by atoms with E-state index in [-0.39, 0.29) is 5.92 Å². The highest BCUT2D eigenvalue weighted by molar-refractivity contribution is 6.82. The maximum atomic E-state index is 8.93. The fourth-order valence-corrected chi connectivity index (χ4v) is 26.6. The average Bonchev–Trinajstić information content (AvgIpc) is 1.52. The molecule has 2 nitrogen and oxygen atoms in total. The molecule has 35 rings (SSSR count). The molecule has 0 radical (unpaired) electrons. The van der Waals surface area contributed by atoms with E-state index >= 15 is 0 Å². The summed E-state index contributed by atoms with van der Waals surface area (Å²) in [4.78, 5) is 0. The quantitative estimate of drug-likeness (QED) is 0.160. The first-order valence-corrected chi connectivity index (χ1v) is 29.0. The summed E-state index contributed by atoms with van der Waals surface area (Å²) in [6.07, 6.45) is 0.357. The van der Waals surface area contributed by atoms with Gasteiger partial charge in [0.15, 0.2) is 6.29 Å². The van der Waals surface area contributed by atoms with Crippen LogP contribution < -0.4 is 0 Å². The van der Waals surface area contributed by atoms with Gasteiger partial charge in [-0.1, -0.05) is 60.7 Å². The van der Waals surface area contributed by atoms with Crippen LogP contribution in [0.4, 0.5) is 0 Å². The third kappa shape index (κ3) is 1.77. The van der Waals surface area contributed by atoms with E-state index in [9.17, 15) is 0 Å². The monoisotopic (exact) mass is 960 g/mol. The fraction of sp³-hybridized carbons (Fsp3) is 0.0789. The van der Waals surface area contributed by atoms with Gasteiger partial charge in [0.1, 0.15) is 5.60 Å². The minimum atomic E-state index is -0.823. The van der Waals surface area contributed by atoms with E-state index in [0.29, 0.717) is 6.61 Å². The van der Waals surface area contributed by atoms with Crippen molar-refractivity contribution >= 4 is 291 Å². The van der Waals surface area contributed by atoms with Crippen LogP contribution in [0.3, 0.4) is 0 Å². The van der Waals surface area contributed by atoms with Crippen molar-refractivity contribution in [2.24, 2.45) is 0 Å². The van der Waals surface area contributed by atoms with Gasteiger partial charge in [0.25, 0.3) is 0 Å². The first-order valence-electron chi connectivity index (χ1n) is 29.0. The second-order valence-electron chi connectivity index (χ2n) is 27.7. The molecule has 1 fully saturated rings. The van der Waals surface area contributed by atoms with E-state index in [0.717, 1.165) is 6.42 Å². The normalized spacial score (nSPS) is 23.3. The molecule has 1 aliphatic heterocycles. The summed E-state index contributed by atoms with van der Waals surface area (Å²) < 4.78 is 16.7. The fourth-order valence-electron chi connectivity index (χ4n) is 26.6. The summed E-state index contributed by atoms with van der Waals surface area (Å²) in [6, 6.07) is 22.9. The summed E-state index contributed by atoms with van der Waals surface area (Å²) in [5.74, 6) is -0.106. The molecule has 0 aromatic heterocycles. The molecule has 1 heterocycles. The number of hydrogen-bond acceptors (Lipinski definition) is 2. The van der Waals surface area contributed by atoms with Gasteiger partial charge in [-0.3, -0.25) is 0 Å². The van der Waals surface area contributed by atoms with Gasteiger partial charge in [-0.25, -0.2) is 0 Å². The molecule has 0 amide bonds. The Morgan fingerprint density at radius 1 is 0.269 bits per heavy atom. The standard InChI is InChI=1S/C76H16O2/c1-3-7-13(8-4-1)11-12-77-74-69(14-9-5-2-6-10-14)75-70-61-53-43-33-25-17-15-16-19-23-21(17)29-37-31(23)41-35-27(19)28-20(16)24-22-18(15)26(25)34-40-30(22)38-32(24)42-36(28)46-45(35)57-51(41)59-49(37)55(47(53)39(29)33)63(70)65(59)72-67(57)68-58(46)52(42)60-50(38)56-48(40)54(44(34)43)62(61)71(75)64(56)66(60)73(68)76(72,75)78-74/h1-10,69,74H,11-12H2/t69-,74-,75?,76?/m0/s1. The van der Waals surface area contributed by atoms with Crippen molar-refractivity contribution in [3.05, 3.63) is 94.0 Å². The lowest BCUT2D eigenvalue weighted by Crippen LogP contribution is -2.51. The third-order valence-electron chi connectivity index (χ3n) is 27.0. The summed E-state index contributed by atoms with van der Waals surface area (Å²) in [7, 11) is 0. The highest BCUT2D eigenvalue weighted by Gasteiger charge is 2.78. The van der Waals surface area contributed by atoms with Crippen molar-refractivity contribution in [1.29, 1.82) is 0 Å². The lowest BCUT2D eigenvalue weighted by Gasteiger charge is -2.50. The van der Waals surface area contributed by atoms with Crippen LogP contribution in [0.5, 0.6) is 0 Å². The molecule has 2 atom stereocenters. The molecule has 30 aromatic rings. The zero-order chi connectivity index (χ0) is 46.7. The van der Waals surface area contributed by atoms with Gasteiger partial charge in [0.2, 0.25) is 0 Å². The molecular formula is C76H16O2. The Bertz CT molecular complexity index is 7600. The summed E-state index contributed by atoms with van der Waals surface area (Å²) in [5, 5.41) is 87.1. The van der Waals surface area contributed by atoms with Crippen LogP contribution in [0.1, 0.15) is 39.3 Å². The van der Waals surface area contributed by atoms with Gasteiger partial charge in [0.05, 0.1) is 17.9 Å². The highest BCUT2D eigenvalue weighted by atomic mass is 16.7. The molecule has 78 heavy (non-hydrogen) atoms. The van der Waals surface area contributed by atoms with Crippen LogP contribution in [0.2, 0.25) is 0 Å². The van der Waals surface area contributed by atoms with Crippen molar-refractivity contribution in [2.45, 2.75) is 29.6 Å². The average molecular weight is 961 g/mol. The number of rotatable bonds is 5. The summed E-state index contributed by atoms with van der Waals surface area (Å²) in [5.41, 5.74) is 7.57. The van der Waals surface area contributed by atoms with Crippen molar-refractivity contribution in [3.8, 4) is 0 Å². The SMILES string of the molecule is c1ccc(CCO[C@H]2OC34c5c6c7c8c9c%10c(c%11c%12c3c3c5c5c%13c6c6c7c7c9c9c%14c%10c%10c%11c%11c%12c%12c3c3c5c5c%13c%13c6c6c7c9c7c9c%14c%10c%10c%11c%11c%12c3c3c5c5c%13c6c7c6c9c%10c%11c3c56)C84[C@H]2c2ccccc2)cc1. The molecular weight excluding hydrogens is 945 g/mol. The van der Waals surface area contributed by atoms with Crippen LogP contribution in [0.25, 0.3) is 291 Å². The lowest BCUT2D eigenvalue weighted by molar-refractivity contribution is -0.164. The first kappa shape index (κ1) is 30.5. The number of benzene rings is 20. The Morgan fingerprint density at radius 2 is 0.500 bits per heavy atom. The van der Waals surface area contributed by atoms with Gasteiger partial charge in [0, 0.05) is 11.1 Å². The maximum Gasteiger partial charge on any atom is 0.167 e. The second-order valence-corrected chi connectivity index (χ2v) is 27.7. The van der Waals surface area contributed by atoms with E-state index in [1.54, 1.807) is 302 Å². The molecule has 30 aromatic carbocycles. The van der Waals surface area contributed by atoms with E-state index in [2.05, 4.69) is 60.7 Å². The minimum absolute atomic E-state index is 0.106. The lowest BCUT2D eigenvalue weighted by atomic mass is 9.50. The van der Waals surface area contributed by atoms with Crippen LogP contribution in [-0.2, 0) is 26.9 Å². The molecule has 332 valence electrons. The number of hydrogen-bond donors (Lipinski definition) is 0. The zero-order valence-corrected chi connectivity index (χ0v) is 40.2. The molecule has 2 spiro atoms. The van der Waals surface area contributed by atoms with Crippen molar-refractivity contribution in [3.63, 3.8) is 0 Å². The van der Waals surface area contributed by atoms with Gasteiger partial charge in [-0.05, 0) is 320 Å². The van der Waals surface area contributed by atoms with Crippen LogP contribution >= 0.6 is 0 Å². The summed E-state index contributed by atoms with van der Waals surface area (Å²) in [6.45, 7) is 0.600. The van der Waals surface area contributed by atoms with E-state index in [4.69, 9.17) is 9.47 Å². The molecule has 0 saturated carbocycles. The van der Waals surface area contributed by atoms with E-state index < -0.39 is 17.3 Å². The van der Waals surface area contributed by atoms with Crippen LogP contribution in [-0.4, -0.2) is 12.9 Å². The Morgan fingerprint density at radius 3 is 0.769 bits per heavy atom. The summed E-state index contributed by atoms with van der Waals surface area (Å²) >= 11 is 0. The van der Waals surface area contributed by atoms with Crippen LogP contribution in [0.15, 0.2) is 60.7 Å². The predicted molar refractivity (Wildman–Crippen MR) is 324 cm³/mol. The van der Waals surface area contributed by atoms with Crippen molar-refractivity contribution in [1.82, 2.24) is 0 Å². The van der Waals surface area contributed by atoms with Crippen molar-refractivity contribution < 1.29 is 9.47 Å². The largest absolute Gasteiger partial charge is 0.352 e. The predicted octanol–water partition coefficient (Wildman–Crippen LogP) is 19.7. The molecule has 5 aliphatic rings. The molecule has 0 bridgehead atoms. The van der Waals surface area contributed by atoms with Crippen LogP contribution in [0, 0.1) is 0 Å². The number of ether oxygens (including phenoxy) is 2. The minimum Gasteiger partial charge on any atom is -0.352 e. The zero-order valence-electron chi connectivity index (χ0n) is 40.2. The van der Waals surface area contributed by atoms with Gasteiger partial charge in [-0.15, -0.1) is 0 Å². The highest BCUT2D eigenvalue weighted by Crippen LogP contribution is 2.87. The van der Waals surface area contributed by atoms with E-state index in [1.807, 2.05) is 0 Å². The van der Waals surface area contributed by atoms with Gasteiger partial charge >= 0.3 is 0 Å². The Balaban J connectivity index is 1.03. The van der Waals surface area contributed by atoms with Gasteiger partial charge < -0.3 is 9.47 Å². The third-order valence-corrected chi connectivity index (χ3v) is 27.0. The van der Waals surface area contributed by atoms with E-state index in [1.165, 1.54) is 22.3 Å². The molecule has 2 heteroatoms. The Kier molecular flexibility index (Phi) is 2.88. The Hall–Kier alpha value is -9.18. The molecule has 1 saturated heterocycles. The maximum absolute atomic E-state index is 8.93. The molecule has 0 N–H and O–H groups in total.